The van der Waals surface area contributed by atoms with Gasteiger partial charge in [0.1, 0.15) is 16.6 Å². The standard InChI is InChI=1S/C26H24FN3O5S/c1-4-34-26(33)23-20-14-36-24(22(20)25(32)30(29-23)18-7-5-6-17(27)12-18)28-21(31)13-35-19-10-8-16(9-11-19)15(2)3/h5-12,14-15H,4,13H2,1-3H3,(H,28,31). The molecule has 1 N–H and O–H groups in total. The molecule has 0 spiro atoms. The van der Waals surface area contributed by atoms with Crippen LogP contribution in [0, 0.1) is 5.82 Å². The zero-order chi connectivity index (χ0) is 25.8. The molecule has 0 aliphatic heterocycles. The van der Waals surface area contributed by atoms with E-state index in [0.29, 0.717) is 11.7 Å². The Balaban J connectivity index is 1.66. The fourth-order valence-corrected chi connectivity index (χ4v) is 4.49. The van der Waals surface area contributed by atoms with Gasteiger partial charge in [0.15, 0.2) is 12.3 Å². The van der Waals surface area contributed by atoms with Gasteiger partial charge < -0.3 is 14.8 Å². The molecule has 2 heterocycles. The quantitative estimate of drug-likeness (QED) is 0.339. The van der Waals surface area contributed by atoms with Crippen molar-refractivity contribution in [2.75, 3.05) is 18.5 Å². The van der Waals surface area contributed by atoms with E-state index < -0.39 is 23.3 Å². The molecule has 0 fully saturated rings. The van der Waals surface area contributed by atoms with Crippen molar-refractivity contribution < 1.29 is 23.5 Å². The molecule has 0 saturated heterocycles. The minimum atomic E-state index is -0.739. The lowest BCUT2D eigenvalue weighted by Gasteiger charge is -2.11. The van der Waals surface area contributed by atoms with Crippen LogP contribution in [0.1, 0.15) is 42.7 Å². The highest BCUT2D eigenvalue weighted by molar-refractivity contribution is 7.16. The Hall–Kier alpha value is -4.05. The Bertz CT molecular complexity index is 1480. The van der Waals surface area contributed by atoms with Crippen molar-refractivity contribution in [3.8, 4) is 11.4 Å². The van der Waals surface area contributed by atoms with E-state index in [1.54, 1.807) is 24.4 Å². The third-order valence-electron chi connectivity index (χ3n) is 5.34. The van der Waals surface area contributed by atoms with Gasteiger partial charge in [-0.25, -0.2) is 9.18 Å². The zero-order valence-electron chi connectivity index (χ0n) is 19.9. The predicted octanol–water partition coefficient (Wildman–Crippen LogP) is 4.90. The van der Waals surface area contributed by atoms with E-state index in [0.717, 1.165) is 27.6 Å². The largest absolute Gasteiger partial charge is 0.484 e. The van der Waals surface area contributed by atoms with Crippen LogP contribution in [0.15, 0.2) is 58.7 Å². The van der Waals surface area contributed by atoms with Crippen molar-refractivity contribution in [1.82, 2.24) is 9.78 Å². The molecule has 10 heteroatoms. The van der Waals surface area contributed by atoms with Gasteiger partial charge in [-0.15, -0.1) is 11.3 Å². The predicted molar refractivity (Wildman–Crippen MR) is 136 cm³/mol. The summed E-state index contributed by atoms with van der Waals surface area (Å²) in [6.07, 6.45) is 0. The molecule has 8 nitrogen and oxygen atoms in total. The number of hydrogen-bond donors (Lipinski definition) is 1. The molecule has 0 aliphatic carbocycles. The lowest BCUT2D eigenvalue weighted by molar-refractivity contribution is -0.118. The number of nitrogens with zero attached hydrogens (tertiary/aromatic N) is 2. The molecule has 2 aromatic heterocycles. The van der Waals surface area contributed by atoms with E-state index in [-0.39, 0.29) is 40.4 Å². The first-order chi connectivity index (χ1) is 17.3. The van der Waals surface area contributed by atoms with Crippen LogP contribution in [0.25, 0.3) is 16.5 Å². The number of rotatable bonds is 8. The number of esters is 1. The number of anilines is 1. The van der Waals surface area contributed by atoms with Crippen molar-refractivity contribution in [2.45, 2.75) is 26.7 Å². The highest BCUT2D eigenvalue weighted by atomic mass is 32.1. The molecule has 4 rings (SSSR count). The van der Waals surface area contributed by atoms with Gasteiger partial charge in [0.25, 0.3) is 11.5 Å². The Kier molecular flexibility index (Phi) is 7.44. The van der Waals surface area contributed by atoms with Crippen molar-refractivity contribution in [3.05, 3.63) is 81.3 Å². The van der Waals surface area contributed by atoms with Crippen LogP contribution in [-0.4, -0.2) is 34.9 Å². The summed E-state index contributed by atoms with van der Waals surface area (Å²) in [5, 5.41) is 8.90. The maximum absolute atomic E-state index is 13.9. The summed E-state index contributed by atoms with van der Waals surface area (Å²) in [7, 11) is 0. The normalized spacial score (nSPS) is 11.0. The Morgan fingerprint density at radius 2 is 1.92 bits per heavy atom. The fourth-order valence-electron chi connectivity index (χ4n) is 3.54. The Morgan fingerprint density at radius 3 is 2.58 bits per heavy atom. The van der Waals surface area contributed by atoms with Crippen molar-refractivity contribution in [3.63, 3.8) is 0 Å². The molecule has 0 bridgehead atoms. The van der Waals surface area contributed by atoms with Crippen molar-refractivity contribution >= 4 is 39.0 Å². The second-order valence-electron chi connectivity index (χ2n) is 8.18. The zero-order valence-corrected chi connectivity index (χ0v) is 20.7. The second-order valence-corrected chi connectivity index (χ2v) is 9.06. The van der Waals surface area contributed by atoms with E-state index in [1.165, 1.54) is 18.2 Å². The highest BCUT2D eigenvalue weighted by Gasteiger charge is 2.23. The van der Waals surface area contributed by atoms with Gasteiger partial charge >= 0.3 is 5.97 Å². The number of fused-ring (bicyclic) bond motifs is 1. The summed E-state index contributed by atoms with van der Waals surface area (Å²) >= 11 is 1.07. The van der Waals surface area contributed by atoms with E-state index >= 15 is 0 Å². The number of carbonyl (C=O) groups excluding carboxylic acids is 2. The van der Waals surface area contributed by atoms with Crippen molar-refractivity contribution in [1.29, 1.82) is 0 Å². The number of halogens is 1. The van der Waals surface area contributed by atoms with Crippen LogP contribution in [0.3, 0.4) is 0 Å². The Labute approximate surface area is 210 Å². The summed E-state index contributed by atoms with van der Waals surface area (Å²) < 4.78 is 25.4. The molecule has 2 aromatic carbocycles. The summed E-state index contributed by atoms with van der Waals surface area (Å²) in [4.78, 5) is 38.6. The summed E-state index contributed by atoms with van der Waals surface area (Å²) in [6, 6.07) is 12.7. The van der Waals surface area contributed by atoms with Crippen LogP contribution in [-0.2, 0) is 9.53 Å². The summed E-state index contributed by atoms with van der Waals surface area (Å²) in [5.41, 5.74) is 0.542. The number of aromatic nitrogens is 2. The first kappa shape index (κ1) is 25.1. The lowest BCUT2D eigenvalue weighted by atomic mass is 10.0. The molecule has 0 atom stereocenters. The average Bonchev–Trinajstić information content (AvgIpc) is 3.27. The third-order valence-corrected chi connectivity index (χ3v) is 6.24. The molecule has 1 amide bonds. The number of thiophene rings is 1. The van der Waals surface area contributed by atoms with Gasteiger partial charge in [-0.3, -0.25) is 9.59 Å². The van der Waals surface area contributed by atoms with Gasteiger partial charge in [-0.05, 0) is 48.7 Å². The summed E-state index contributed by atoms with van der Waals surface area (Å²) in [5.74, 6) is -0.890. The first-order valence-corrected chi connectivity index (χ1v) is 12.2. The van der Waals surface area contributed by atoms with Crippen LogP contribution in [0.4, 0.5) is 9.39 Å². The molecule has 36 heavy (non-hydrogen) atoms. The molecular weight excluding hydrogens is 485 g/mol. The number of nitrogens with one attached hydrogen (secondary N) is 1. The van der Waals surface area contributed by atoms with E-state index in [1.807, 2.05) is 12.1 Å². The van der Waals surface area contributed by atoms with E-state index in [2.05, 4.69) is 24.3 Å². The van der Waals surface area contributed by atoms with Crippen molar-refractivity contribution in [2.24, 2.45) is 0 Å². The average molecular weight is 510 g/mol. The molecule has 4 aromatic rings. The van der Waals surface area contributed by atoms with Gasteiger partial charge in [0, 0.05) is 10.8 Å². The van der Waals surface area contributed by atoms with Gasteiger partial charge in [-0.2, -0.15) is 9.78 Å². The topological polar surface area (TPSA) is 99.5 Å². The third kappa shape index (κ3) is 5.28. The minimum Gasteiger partial charge on any atom is -0.484 e. The van der Waals surface area contributed by atoms with Crippen LogP contribution in [0.2, 0.25) is 0 Å². The number of amides is 1. The maximum atomic E-state index is 13.9. The van der Waals surface area contributed by atoms with Gasteiger partial charge in [0.2, 0.25) is 0 Å². The molecule has 0 saturated carbocycles. The second kappa shape index (κ2) is 10.7. The summed E-state index contributed by atoms with van der Waals surface area (Å²) in [6.45, 7) is 5.63. The number of hydrogen-bond acceptors (Lipinski definition) is 7. The molecule has 0 radical (unpaired) electrons. The maximum Gasteiger partial charge on any atom is 0.359 e. The smallest absolute Gasteiger partial charge is 0.359 e. The van der Waals surface area contributed by atoms with Gasteiger partial charge in [-0.1, -0.05) is 32.0 Å². The molecule has 186 valence electrons. The monoisotopic (exact) mass is 509 g/mol. The number of carbonyl (C=O) groups is 2. The molecular formula is C26H24FN3O5S. The first-order valence-electron chi connectivity index (χ1n) is 11.3. The molecule has 0 unspecified atom stereocenters. The molecule has 0 aliphatic rings. The SMILES string of the molecule is CCOC(=O)c1nn(-c2cccc(F)c2)c(=O)c2c(NC(=O)COc3ccc(C(C)C)cc3)scc12. The number of benzene rings is 2. The van der Waals surface area contributed by atoms with Gasteiger partial charge in [0.05, 0.1) is 17.7 Å². The minimum absolute atomic E-state index is 0.0666. The lowest BCUT2D eigenvalue weighted by Crippen LogP contribution is -2.26. The van der Waals surface area contributed by atoms with Crippen LogP contribution >= 0.6 is 11.3 Å². The van der Waals surface area contributed by atoms with Crippen LogP contribution < -0.4 is 15.6 Å². The highest BCUT2D eigenvalue weighted by Crippen LogP contribution is 2.30. The van der Waals surface area contributed by atoms with E-state index in [9.17, 15) is 18.8 Å². The fraction of sp³-hybridized carbons (Fsp3) is 0.231. The Morgan fingerprint density at radius 1 is 1.17 bits per heavy atom. The van der Waals surface area contributed by atoms with Crippen LogP contribution in [0.5, 0.6) is 5.75 Å². The van der Waals surface area contributed by atoms with E-state index in [4.69, 9.17) is 9.47 Å². The number of ether oxygens (including phenoxy) is 2.